The van der Waals surface area contributed by atoms with Gasteiger partial charge in [0.1, 0.15) is 12.6 Å². The maximum Gasteiger partial charge on any atom is 0.325 e. The molecule has 7 nitrogen and oxygen atoms in total. The average molecular weight is 465 g/mol. The number of halogens is 1. The maximum atomic E-state index is 12.9. The Morgan fingerprint density at radius 3 is 2.55 bits per heavy atom. The fraction of sp³-hybridized carbons (Fsp3) is 0.318. The molecule has 0 saturated heterocycles. The second kappa shape index (κ2) is 11.7. The number of fused-ring (bicyclic) bond motifs is 1. The second-order valence-electron chi connectivity index (χ2n) is 6.92. The third-order valence-electron chi connectivity index (χ3n) is 4.85. The fourth-order valence-electron chi connectivity index (χ4n) is 3.30. The van der Waals surface area contributed by atoms with Gasteiger partial charge in [0.15, 0.2) is 0 Å². The number of esters is 1. The van der Waals surface area contributed by atoms with Gasteiger partial charge in [-0.3, -0.25) is 24.6 Å². The SMILES string of the molecule is COC(=O)CN1C(=O)CC(N[C@H](CCc2ccccc2)C(=O)O)Sc2ccccc21.Cl. The summed E-state index contributed by atoms with van der Waals surface area (Å²) in [6, 6.07) is 16.2. The number of rotatable bonds is 8. The minimum absolute atomic E-state index is 0. The summed E-state index contributed by atoms with van der Waals surface area (Å²) in [4.78, 5) is 38.7. The first-order valence-electron chi connectivity index (χ1n) is 9.63. The summed E-state index contributed by atoms with van der Waals surface area (Å²) in [7, 11) is 1.28. The molecule has 0 bridgehead atoms. The van der Waals surface area contributed by atoms with Crippen LogP contribution in [0.25, 0.3) is 0 Å². The molecule has 1 amide bonds. The van der Waals surface area contributed by atoms with Crippen molar-refractivity contribution in [3.05, 3.63) is 60.2 Å². The van der Waals surface area contributed by atoms with Gasteiger partial charge in [0.2, 0.25) is 5.91 Å². The number of nitrogens with one attached hydrogen (secondary N) is 1. The normalized spacial score (nSPS) is 16.5. The van der Waals surface area contributed by atoms with E-state index in [1.807, 2.05) is 42.5 Å². The molecule has 3 rings (SSSR count). The molecule has 2 N–H and O–H groups in total. The molecule has 9 heteroatoms. The van der Waals surface area contributed by atoms with Crippen LogP contribution in [0.15, 0.2) is 59.5 Å². The van der Waals surface area contributed by atoms with Gasteiger partial charge in [0.05, 0.1) is 24.6 Å². The van der Waals surface area contributed by atoms with E-state index in [1.165, 1.54) is 23.8 Å². The predicted molar refractivity (Wildman–Crippen MR) is 122 cm³/mol. The van der Waals surface area contributed by atoms with Crippen molar-refractivity contribution in [1.82, 2.24) is 5.32 Å². The first kappa shape index (κ1) is 24.7. The Bertz CT molecular complexity index is 912. The highest BCUT2D eigenvalue weighted by Crippen LogP contribution is 2.37. The Balaban J connectivity index is 0.00000341. The smallest absolute Gasteiger partial charge is 0.325 e. The van der Waals surface area contributed by atoms with Crippen molar-refractivity contribution in [1.29, 1.82) is 0 Å². The number of carboxylic acid groups (broad SMARTS) is 1. The largest absolute Gasteiger partial charge is 0.480 e. The third kappa shape index (κ3) is 6.72. The van der Waals surface area contributed by atoms with Crippen LogP contribution in [0.3, 0.4) is 0 Å². The number of amides is 1. The van der Waals surface area contributed by atoms with E-state index < -0.39 is 23.4 Å². The molecule has 2 aromatic rings. The van der Waals surface area contributed by atoms with E-state index in [1.54, 1.807) is 12.1 Å². The van der Waals surface area contributed by atoms with Crippen LogP contribution < -0.4 is 10.2 Å². The zero-order valence-corrected chi connectivity index (χ0v) is 18.7. The molecule has 0 aromatic heterocycles. The van der Waals surface area contributed by atoms with Gasteiger partial charge in [-0.25, -0.2) is 0 Å². The number of benzene rings is 2. The summed E-state index contributed by atoms with van der Waals surface area (Å²) >= 11 is 1.40. The molecule has 31 heavy (non-hydrogen) atoms. The lowest BCUT2D eigenvalue weighted by Gasteiger charge is -2.22. The van der Waals surface area contributed by atoms with Crippen LogP contribution in [0.1, 0.15) is 18.4 Å². The van der Waals surface area contributed by atoms with Crippen LogP contribution in [0.5, 0.6) is 0 Å². The van der Waals surface area contributed by atoms with E-state index in [2.05, 4.69) is 5.32 Å². The van der Waals surface area contributed by atoms with Gasteiger partial charge < -0.3 is 9.84 Å². The molecule has 1 heterocycles. The Labute approximate surface area is 191 Å². The molecule has 1 aliphatic heterocycles. The quantitative estimate of drug-likeness (QED) is 0.579. The molecule has 0 fully saturated rings. The van der Waals surface area contributed by atoms with Crippen molar-refractivity contribution in [2.24, 2.45) is 0 Å². The van der Waals surface area contributed by atoms with Crippen molar-refractivity contribution < 1.29 is 24.2 Å². The number of carboxylic acids is 1. The first-order chi connectivity index (χ1) is 14.5. The Kier molecular flexibility index (Phi) is 9.36. The molecule has 0 radical (unpaired) electrons. The van der Waals surface area contributed by atoms with Gasteiger partial charge in [0, 0.05) is 4.90 Å². The molecule has 1 aliphatic rings. The molecular weight excluding hydrogens is 440 g/mol. The van der Waals surface area contributed by atoms with E-state index in [0.717, 1.165) is 10.5 Å². The van der Waals surface area contributed by atoms with E-state index in [-0.39, 0.29) is 31.3 Å². The van der Waals surface area contributed by atoms with Gasteiger partial charge in [0.25, 0.3) is 0 Å². The highest BCUT2D eigenvalue weighted by atomic mass is 35.5. The Hall–Kier alpha value is -2.55. The maximum absolute atomic E-state index is 12.9. The highest BCUT2D eigenvalue weighted by molar-refractivity contribution is 8.00. The number of hydrogen-bond acceptors (Lipinski definition) is 6. The van der Waals surface area contributed by atoms with Crippen LogP contribution in [0.4, 0.5) is 5.69 Å². The number of carbonyl (C=O) groups excluding carboxylic acids is 2. The van der Waals surface area contributed by atoms with E-state index in [9.17, 15) is 19.5 Å². The average Bonchev–Trinajstić information content (AvgIpc) is 2.87. The number of nitrogens with zero attached hydrogens (tertiary/aromatic N) is 1. The fourth-order valence-corrected chi connectivity index (χ4v) is 4.52. The van der Waals surface area contributed by atoms with Crippen molar-refractivity contribution >= 4 is 47.7 Å². The zero-order chi connectivity index (χ0) is 21.5. The third-order valence-corrected chi connectivity index (χ3v) is 6.04. The summed E-state index contributed by atoms with van der Waals surface area (Å²) in [5.41, 5.74) is 1.68. The molecule has 1 unspecified atom stereocenters. The van der Waals surface area contributed by atoms with Gasteiger partial charge in [-0.1, -0.05) is 42.5 Å². The van der Waals surface area contributed by atoms with Crippen molar-refractivity contribution in [2.75, 3.05) is 18.6 Å². The van der Waals surface area contributed by atoms with Crippen molar-refractivity contribution in [3.8, 4) is 0 Å². The van der Waals surface area contributed by atoms with Crippen LogP contribution in [-0.4, -0.2) is 48.0 Å². The van der Waals surface area contributed by atoms with Gasteiger partial charge >= 0.3 is 11.9 Å². The number of para-hydroxylation sites is 1. The zero-order valence-electron chi connectivity index (χ0n) is 17.0. The monoisotopic (exact) mass is 464 g/mol. The number of thioether (sulfide) groups is 1. The van der Waals surface area contributed by atoms with Crippen LogP contribution >= 0.6 is 24.2 Å². The number of methoxy groups -OCH3 is 1. The summed E-state index contributed by atoms with van der Waals surface area (Å²) in [6.45, 7) is -0.185. The first-order valence-corrected chi connectivity index (χ1v) is 10.5. The minimum Gasteiger partial charge on any atom is -0.480 e. The number of ether oxygens (including phenoxy) is 1. The van der Waals surface area contributed by atoms with Crippen LogP contribution in [0.2, 0.25) is 0 Å². The molecule has 0 spiro atoms. The summed E-state index contributed by atoms with van der Waals surface area (Å²) < 4.78 is 4.72. The lowest BCUT2D eigenvalue weighted by atomic mass is 10.1. The molecule has 166 valence electrons. The van der Waals surface area contributed by atoms with Gasteiger partial charge in [-0.05, 0) is 30.5 Å². The summed E-state index contributed by atoms with van der Waals surface area (Å²) in [6.07, 6.45) is 1.07. The van der Waals surface area contributed by atoms with E-state index in [4.69, 9.17) is 4.74 Å². The standard InChI is InChI=1S/C22H24N2O5S.ClH/c1-29-21(26)14-24-17-9-5-6-10-18(17)30-19(13-20(24)25)23-16(22(27)28)12-11-15-7-3-2-4-8-15;/h2-10,16,19,23H,11-14H2,1H3,(H,27,28);1H/t16-,19?;/m1./s1. The van der Waals surface area contributed by atoms with E-state index >= 15 is 0 Å². The number of anilines is 1. The summed E-state index contributed by atoms with van der Waals surface area (Å²) in [5, 5.41) is 12.4. The van der Waals surface area contributed by atoms with E-state index in [0.29, 0.717) is 18.5 Å². The molecule has 0 aliphatic carbocycles. The Morgan fingerprint density at radius 1 is 1.19 bits per heavy atom. The van der Waals surface area contributed by atoms with Crippen molar-refractivity contribution in [2.45, 2.75) is 35.6 Å². The number of hydrogen-bond donors (Lipinski definition) is 2. The minimum atomic E-state index is -0.956. The van der Waals surface area contributed by atoms with Crippen LogP contribution in [-0.2, 0) is 25.5 Å². The topological polar surface area (TPSA) is 95.9 Å². The number of aliphatic carboxylic acids is 1. The molecule has 2 aromatic carbocycles. The van der Waals surface area contributed by atoms with Gasteiger partial charge in [-0.15, -0.1) is 24.2 Å². The predicted octanol–water partition coefficient (Wildman–Crippen LogP) is 3.11. The lowest BCUT2D eigenvalue weighted by Crippen LogP contribution is -2.44. The van der Waals surface area contributed by atoms with Gasteiger partial charge in [-0.2, -0.15) is 0 Å². The molecule has 2 atom stereocenters. The summed E-state index contributed by atoms with van der Waals surface area (Å²) in [5.74, 6) is -1.73. The molecular formula is C22H25ClN2O5S. The van der Waals surface area contributed by atoms with Crippen molar-refractivity contribution in [3.63, 3.8) is 0 Å². The molecule has 0 saturated carbocycles. The highest BCUT2D eigenvalue weighted by Gasteiger charge is 2.32. The second-order valence-corrected chi connectivity index (χ2v) is 8.16. The number of carbonyl (C=O) groups is 3. The van der Waals surface area contributed by atoms with Crippen LogP contribution in [0, 0.1) is 0 Å². The number of aryl methyl sites for hydroxylation is 1. The Morgan fingerprint density at radius 2 is 1.87 bits per heavy atom. The lowest BCUT2D eigenvalue weighted by molar-refractivity contribution is -0.140.